The fourth-order valence-electron chi connectivity index (χ4n) is 3.15. The quantitative estimate of drug-likeness (QED) is 0.584. The van der Waals surface area contributed by atoms with E-state index in [0.717, 1.165) is 0 Å². The predicted molar refractivity (Wildman–Crippen MR) is 100 cm³/mol. The molecule has 0 radical (unpaired) electrons. The molecule has 0 aliphatic carbocycles. The van der Waals surface area contributed by atoms with E-state index in [1.807, 2.05) is 0 Å². The minimum atomic E-state index is -1.60. The Hall–Kier alpha value is 0.134. The van der Waals surface area contributed by atoms with Gasteiger partial charge >= 0.3 is 0 Å². The largest absolute Gasteiger partial charge is 0.333 e. The van der Waals surface area contributed by atoms with Crippen molar-refractivity contribution in [2.24, 2.45) is 0 Å². The normalized spacial score (nSPS) is 18.8. The molecule has 0 rings (SSSR count). The molecule has 0 aromatic carbocycles. The summed E-state index contributed by atoms with van der Waals surface area (Å²) in [7, 11) is -3.01. The molecule has 0 saturated carbocycles. The van der Waals surface area contributed by atoms with Crippen molar-refractivity contribution in [1.29, 1.82) is 0 Å². The van der Waals surface area contributed by atoms with Crippen molar-refractivity contribution in [2.75, 3.05) is 0 Å². The first-order chi connectivity index (χ1) is 9.00. The van der Waals surface area contributed by atoms with Crippen LogP contribution in [0.15, 0.2) is 11.3 Å². The summed E-state index contributed by atoms with van der Waals surface area (Å²) in [6, 6.07) is 2.03. The number of rotatable bonds is 7. The Balaban J connectivity index is 5.99. The van der Waals surface area contributed by atoms with Gasteiger partial charge in [0, 0.05) is 0 Å². The zero-order chi connectivity index (χ0) is 16.2. The van der Waals surface area contributed by atoms with E-state index < -0.39 is 15.3 Å². The van der Waals surface area contributed by atoms with Gasteiger partial charge in [-0.05, 0) is 37.4 Å². The average molecular weight is 314 g/mol. The van der Waals surface area contributed by atoms with Crippen LogP contribution >= 0.6 is 0 Å². The molecule has 2 atom stereocenters. The zero-order valence-corrected chi connectivity index (χ0v) is 17.8. The van der Waals surface area contributed by atoms with Crippen molar-refractivity contribution in [1.82, 2.24) is 4.98 Å². The van der Waals surface area contributed by atoms with E-state index in [4.69, 9.17) is 0 Å². The summed E-state index contributed by atoms with van der Waals surface area (Å²) in [6.07, 6.45) is 4.93. The molecule has 0 aliphatic rings. The second-order valence-electron chi connectivity index (χ2n) is 7.96. The minimum Gasteiger partial charge on any atom is -0.333 e. The van der Waals surface area contributed by atoms with Gasteiger partial charge in [0.15, 0.2) is 0 Å². The highest BCUT2D eigenvalue weighted by Gasteiger charge is 2.55. The van der Waals surface area contributed by atoms with E-state index in [9.17, 15) is 0 Å². The molecule has 0 bridgehead atoms. The van der Waals surface area contributed by atoms with Gasteiger partial charge < -0.3 is 4.98 Å². The number of hydrogen-bond acceptors (Lipinski definition) is 1. The lowest BCUT2D eigenvalue weighted by Crippen LogP contribution is -2.74. The molecule has 0 saturated heterocycles. The smallest absolute Gasteiger partial charge is 0.142 e. The fourth-order valence-corrected chi connectivity index (χ4v) is 21.1. The van der Waals surface area contributed by atoms with Gasteiger partial charge in [-0.15, -0.1) is 0 Å². The van der Waals surface area contributed by atoms with Crippen LogP contribution in [0.3, 0.4) is 0 Å². The SMILES string of the molecule is C/C=C(\C)[Si](CCC)(NC(C)CC)[Si](C)(C)C(C)(C)C. The first-order valence-electron chi connectivity index (χ1n) is 8.41. The monoisotopic (exact) mass is 313 g/mol. The van der Waals surface area contributed by atoms with E-state index in [1.165, 1.54) is 18.9 Å². The summed E-state index contributed by atoms with van der Waals surface area (Å²) in [5.74, 6) is 0. The Labute approximate surface area is 130 Å². The van der Waals surface area contributed by atoms with E-state index in [1.54, 1.807) is 5.20 Å². The maximum atomic E-state index is 4.21. The van der Waals surface area contributed by atoms with Crippen LogP contribution in [0, 0.1) is 0 Å². The van der Waals surface area contributed by atoms with Crippen molar-refractivity contribution >= 4 is 15.3 Å². The third kappa shape index (κ3) is 3.86. The van der Waals surface area contributed by atoms with Crippen molar-refractivity contribution in [2.45, 2.75) is 98.4 Å². The highest BCUT2D eigenvalue weighted by atomic mass is 29.3. The van der Waals surface area contributed by atoms with Crippen LogP contribution in [-0.4, -0.2) is 21.4 Å². The third-order valence-electron chi connectivity index (χ3n) is 5.78. The van der Waals surface area contributed by atoms with Gasteiger partial charge in [-0.2, -0.15) is 0 Å². The molecule has 0 aliphatic heterocycles. The van der Waals surface area contributed by atoms with Gasteiger partial charge in [0.1, 0.15) is 7.75 Å². The highest BCUT2D eigenvalue weighted by Crippen LogP contribution is 2.45. The highest BCUT2D eigenvalue weighted by molar-refractivity contribution is 7.44. The lowest BCUT2D eigenvalue weighted by molar-refractivity contribution is 0.638. The second kappa shape index (κ2) is 7.41. The molecule has 2 unspecified atom stereocenters. The molecule has 0 aromatic rings. The van der Waals surface area contributed by atoms with Gasteiger partial charge in [-0.3, -0.25) is 0 Å². The maximum absolute atomic E-state index is 4.21. The van der Waals surface area contributed by atoms with Crippen LogP contribution in [0.5, 0.6) is 0 Å². The lowest BCUT2D eigenvalue weighted by atomic mass is 10.2. The molecule has 1 nitrogen and oxygen atoms in total. The summed E-state index contributed by atoms with van der Waals surface area (Å²) < 4.78 is 0. The minimum absolute atomic E-state index is 0.444. The Kier molecular flexibility index (Phi) is 7.46. The molecule has 0 aromatic heterocycles. The molecule has 0 fully saturated rings. The molecular formula is C17H39NSi2. The molecule has 0 spiro atoms. The molecule has 20 heavy (non-hydrogen) atoms. The summed E-state index contributed by atoms with van der Waals surface area (Å²) in [6.45, 7) is 24.3. The summed E-state index contributed by atoms with van der Waals surface area (Å²) in [5.41, 5.74) is 0. The Morgan fingerprint density at radius 2 is 1.70 bits per heavy atom. The van der Waals surface area contributed by atoms with Crippen LogP contribution < -0.4 is 4.98 Å². The molecule has 0 heterocycles. The van der Waals surface area contributed by atoms with Crippen LogP contribution in [0.2, 0.25) is 24.2 Å². The topological polar surface area (TPSA) is 12.0 Å². The fraction of sp³-hybridized carbons (Fsp3) is 0.882. The molecule has 120 valence electrons. The lowest BCUT2D eigenvalue weighted by Gasteiger charge is -2.53. The Morgan fingerprint density at radius 3 is 2.00 bits per heavy atom. The van der Waals surface area contributed by atoms with E-state index in [2.05, 4.69) is 79.5 Å². The van der Waals surface area contributed by atoms with Gasteiger partial charge in [-0.25, -0.2) is 0 Å². The maximum Gasteiger partial charge on any atom is 0.142 e. The van der Waals surface area contributed by atoms with Crippen molar-refractivity contribution in [3.8, 4) is 0 Å². The van der Waals surface area contributed by atoms with Crippen LogP contribution in [0.25, 0.3) is 0 Å². The number of nitrogens with one attached hydrogen (secondary N) is 1. The van der Waals surface area contributed by atoms with Gasteiger partial charge in [-0.1, -0.05) is 72.3 Å². The third-order valence-corrected chi connectivity index (χ3v) is 26.6. The van der Waals surface area contributed by atoms with E-state index in [0.29, 0.717) is 11.1 Å². The van der Waals surface area contributed by atoms with Gasteiger partial charge in [0.25, 0.3) is 0 Å². The average Bonchev–Trinajstić information content (AvgIpc) is 2.35. The molecule has 0 amide bonds. The molecule has 1 N–H and O–H groups in total. The molecular weight excluding hydrogens is 274 g/mol. The standard InChI is InChI=1S/C17H39NSi2/c1-11-14-20(16(5)13-3,18-15(4)12-2)19(9,10)17(6,7)8/h13,15,18H,11-12,14H2,1-10H3/b16-13+. The van der Waals surface area contributed by atoms with E-state index >= 15 is 0 Å². The number of hydrogen-bond donors (Lipinski definition) is 1. The predicted octanol–water partition coefficient (Wildman–Crippen LogP) is 5.82. The van der Waals surface area contributed by atoms with Crippen LogP contribution in [0.4, 0.5) is 0 Å². The first kappa shape index (κ1) is 20.1. The van der Waals surface area contributed by atoms with Crippen molar-refractivity contribution in [3.05, 3.63) is 11.3 Å². The van der Waals surface area contributed by atoms with Crippen LogP contribution in [-0.2, 0) is 0 Å². The van der Waals surface area contributed by atoms with Gasteiger partial charge in [0.2, 0.25) is 0 Å². The number of allylic oxidation sites excluding steroid dienone is 2. The van der Waals surface area contributed by atoms with Crippen molar-refractivity contribution < 1.29 is 0 Å². The Morgan fingerprint density at radius 1 is 1.20 bits per heavy atom. The van der Waals surface area contributed by atoms with Crippen molar-refractivity contribution in [3.63, 3.8) is 0 Å². The molecule has 3 heteroatoms. The second-order valence-corrected chi connectivity index (χ2v) is 22.4. The summed E-state index contributed by atoms with van der Waals surface area (Å²) in [5, 5.41) is 2.13. The van der Waals surface area contributed by atoms with Gasteiger partial charge in [0.05, 0.1) is 7.59 Å². The zero-order valence-electron chi connectivity index (χ0n) is 15.8. The van der Waals surface area contributed by atoms with Crippen LogP contribution in [0.1, 0.15) is 68.2 Å². The Bertz CT molecular complexity index is 328. The summed E-state index contributed by atoms with van der Waals surface area (Å²) >= 11 is 0. The van der Waals surface area contributed by atoms with E-state index in [-0.39, 0.29) is 0 Å². The first-order valence-corrected chi connectivity index (χ1v) is 14.6. The summed E-state index contributed by atoms with van der Waals surface area (Å²) in [4.78, 5) is 4.21.